The molecule has 0 fully saturated rings. The van der Waals surface area contributed by atoms with Gasteiger partial charge in [0.2, 0.25) is 0 Å². The van der Waals surface area contributed by atoms with Crippen molar-refractivity contribution in [3.8, 4) is 10.4 Å². The second-order valence-electron chi connectivity index (χ2n) is 5.08. The van der Waals surface area contributed by atoms with Crippen LogP contribution >= 0.6 is 11.3 Å². The Kier molecular flexibility index (Phi) is 4.84. The van der Waals surface area contributed by atoms with Crippen molar-refractivity contribution in [2.45, 2.75) is 4.90 Å². The highest BCUT2D eigenvalue weighted by molar-refractivity contribution is 7.92. The Labute approximate surface area is 148 Å². The van der Waals surface area contributed by atoms with Gasteiger partial charge in [-0.1, -0.05) is 48.5 Å². The molecule has 0 bridgehead atoms. The number of sulfonamides is 1. The number of carbonyl (C=O) groups excluding carboxylic acids is 1. The van der Waals surface area contributed by atoms with Gasteiger partial charge in [-0.25, -0.2) is 13.9 Å². The SMILES string of the molecule is O=C(NO)c1sc(-c2ccccc2)cc1NS(=O)(=O)c1ccccc1. The molecule has 0 aliphatic rings. The maximum absolute atomic E-state index is 12.5. The zero-order valence-electron chi connectivity index (χ0n) is 12.8. The van der Waals surface area contributed by atoms with Crippen LogP contribution in [-0.4, -0.2) is 19.5 Å². The standard InChI is InChI=1S/C17H14N2O4S2/c20-17(18-21)16-14(11-15(24-16)12-7-3-1-4-8-12)19-25(22,23)13-9-5-2-6-10-13/h1-11,19,21H,(H,18,20). The minimum absolute atomic E-state index is 0.0702. The number of anilines is 1. The molecule has 1 amide bonds. The topological polar surface area (TPSA) is 95.5 Å². The molecule has 128 valence electrons. The van der Waals surface area contributed by atoms with Gasteiger partial charge in [0, 0.05) is 4.88 Å². The summed E-state index contributed by atoms with van der Waals surface area (Å²) in [7, 11) is -3.85. The third-order valence-corrected chi connectivity index (χ3v) is 5.96. The van der Waals surface area contributed by atoms with E-state index in [1.165, 1.54) is 12.1 Å². The molecule has 3 N–H and O–H groups in total. The first-order valence-corrected chi connectivity index (χ1v) is 9.53. The number of hydroxylamine groups is 1. The molecule has 3 rings (SSSR count). The fourth-order valence-electron chi connectivity index (χ4n) is 2.23. The molecular formula is C17H14N2O4S2. The minimum atomic E-state index is -3.85. The number of thiophene rings is 1. The molecule has 6 nitrogen and oxygen atoms in total. The lowest BCUT2D eigenvalue weighted by molar-refractivity contribution is 0.0712. The molecule has 8 heteroatoms. The summed E-state index contributed by atoms with van der Waals surface area (Å²) in [4.78, 5) is 12.8. The van der Waals surface area contributed by atoms with Crippen molar-refractivity contribution in [2.75, 3.05) is 4.72 Å². The van der Waals surface area contributed by atoms with Crippen molar-refractivity contribution >= 4 is 33.0 Å². The number of rotatable bonds is 5. The van der Waals surface area contributed by atoms with E-state index in [1.54, 1.807) is 29.7 Å². The van der Waals surface area contributed by atoms with Crippen molar-refractivity contribution in [2.24, 2.45) is 0 Å². The maximum Gasteiger partial charge on any atom is 0.286 e. The van der Waals surface area contributed by atoms with Crippen molar-refractivity contribution < 1.29 is 18.4 Å². The van der Waals surface area contributed by atoms with Crippen LogP contribution in [0.15, 0.2) is 71.6 Å². The summed E-state index contributed by atoms with van der Waals surface area (Å²) in [5.74, 6) is -0.780. The summed E-state index contributed by atoms with van der Waals surface area (Å²) in [6, 6.07) is 18.7. The normalized spacial score (nSPS) is 11.1. The molecule has 0 saturated carbocycles. The first kappa shape index (κ1) is 17.2. The van der Waals surface area contributed by atoms with E-state index < -0.39 is 15.9 Å². The third kappa shape index (κ3) is 3.71. The van der Waals surface area contributed by atoms with Gasteiger partial charge >= 0.3 is 0 Å². The zero-order valence-corrected chi connectivity index (χ0v) is 14.5. The Bertz CT molecular complexity index is 984. The molecule has 0 aliphatic heterocycles. The Morgan fingerprint density at radius 2 is 1.56 bits per heavy atom. The quantitative estimate of drug-likeness (QED) is 0.471. The number of benzene rings is 2. The van der Waals surface area contributed by atoms with Crippen molar-refractivity contribution in [1.82, 2.24) is 5.48 Å². The summed E-state index contributed by atoms with van der Waals surface area (Å²) >= 11 is 1.08. The second kappa shape index (κ2) is 7.06. The number of hydrogen-bond acceptors (Lipinski definition) is 5. The van der Waals surface area contributed by atoms with E-state index in [4.69, 9.17) is 5.21 Å². The molecule has 0 unspecified atom stereocenters. The second-order valence-corrected chi connectivity index (χ2v) is 7.81. The average Bonchev–Trinajstić information content (AvgIpc) is 3.05. The van der Waals surface area contributed by atoms with Gasteiger partial charge in [0.15, 0.2) is 0 Å². The van der Waals surface area contributed by atoms with Gasteiger partial charge in [0.05, 0.1) is 10.6 Å². The first-order valence-electron chi connectivity index (χ1n) is 7.23. The highest BCUT2D eigenvalue weighted by Crippen LogP contribution is 2.35. The number of amides is 1. The van der Waals surface area contributed by atoms with E-state index >= 15 is 0 Å². The molecule has 1 aromatic heterocycles. The summed E-state index contributed by atoms with van der Waals surface area (Å²) in [6.07, 6.45) is 0. The Morgan fingerprint density at radius 3 is 2.16 bits per heavy atom. The summed E-state index contributed by atoms with van der Waals surface area (Å²) in [6.45, 7) is 0. The first-order chi connectivity index (χ1) is 12.0. The lowest BCUT2D eigenvalue weighted by atomic mass is 10.2. The van der Waals surface area contributed by atoms with Crippen LogP contribution in [0.25, 0.3) is 10.4 Å². The summed E-state index contributed by atoms with van der Waals surface area (Å²) in [5.41, 5.74) is 2.50. The van der Waals surface area contributed by atoms with Crippen LogP contribution in [0.2, 0.25) is 0 Å². The van der Waals surface area contributed by atoms with Crippen LogP contribution in [0.3, 0.4) is 0 Å². The molecule has 0 atom stereocenters. The highest BCUT2D eigenvalue weighted by Gasteiger charge is 2.22. The smallest absolute Gasteiger partial charge is 0.286 e. The van der Waals surface area contributed by atoms with Gasteiger partial charge in [-0.3, -0.25) is 14.7 Å². The predicted molar refractivity (Wildman–Crippen MR) is 96.3 cm³/mol. The fraction of sp³-hybridized carbons (Fsp3) is 0. The van der Waals surface area contributed by atoms with E-state index in [-0.39, 0.29) is 15.5 Å². The third-order valence-electron chi connectivity index (χ3n) is 3.40. The van der Waals surface area contributed by atoms with Crippen LogP contribution in [-0.2, 0) is 10.0 Å². The minimum Gasteiger partial charge on any atom is -0.288 e. The van der Waals surface area contributed by atoms with Crippen molar-refractivity contribution in [3.05, 3.63) is 71.6 Å². The van der Waals surface area contributed by atoms with Gasteiger partial charge in [0.1, 0.15) is 4.88 Å². The van der Waals surface area contributed by atoms with Crippen LogP contribution < -0.4 is 10.2 Å². The lowest BCUT2D eigenvalue weighted by Gasteiger charge is -2.07. The number of nitrogens with one attached hydrogen (secondary N) is 2. The monoisotopic (exact) mass is 374 g/mol. The Hall–Kier alpha value is -2.68. The fourth-order valence-corrected chi connectivity index (χ4v) is 4.39. The van der Waals surface area contributed by atoms with E-state index in [0.717, 1.165) is 16.9 Å². The molecule has 3 aromatic rings. The van der Waals surface area contributed by atoms with Crippen molar-refractivity contribution in [3.63, 3.8) is 0 Å². The Morgan fingerprint density at radius 1 is 0.960 bits per heavy atom. The van der Waals surface area contributed by atoms with E-state index in [0.29, 0.717) is 4.88 Å². The zero-order chi connectivity index (χ0) is 17.9. The molecular weight excluding hydrogens is 360 g/mol. The van der Waals surface area contributed by atoms with E-state index in [9.17, 15) is 13.2 Å². The molecule has 2 aromatic carbocycles. The summed E-state index contributed by atoms with van der Waals surface area (Å²) in [5, 5.41) is 8.94. The molecule has 0 radical (unpaired) electrons. The van der Waals surface area contributed by atoms with Gasteiger partial charge < -0.3 is 0 Å². The van der Waals surface area contributed by atoms with E-state index in [2.05, 4.69) is 4.72 Å². The lowest BCUT2D eigenvalue weighted by Crippen LogP contribution is -2.20. The largest absolute Gasteiger partial charge is 0.288 e. The molecule has 0 spiro atoms. The number of hydrogen-bond donors (Lipinski definition) is 3. The van der Waals surface area contributed by atoms with Crippen LogP contribution in [0.5, 0.6) is 0 Å². The highest BCUT2D eigenvalue weighted by atomic mass is 32.2. The predicted octanol–water partition coefficient (Wildman–Crippen LogP) is 3.33. The van der Waals surface area contributed by atoms with Crippen LogP contribution in [0, 0.1) is 0 Å². The summed E-state index contributed by atoms with van der Waals surface area (Å²) < 4.78 is 27.4. The van der Waals surface area contributed by atoms with Crippen LogP contribution in [0.4, 0.5) is 5.69 Å². The molecule has 0 aliphatic carbocycles. The number of carbonyl (C=O) groups is 1. The van der Waals surface area contributed by atoms with Crippen molar-refractivity contribution in [1.29, 1.82) is 0 Å². The van der Waals surface area contributed by atoms with Gasteiger partial charge in [-0.15, -0.1) is 11.3 Å². The molecule has 0 saturated heterocycles. The maximum atomic E-state index is 12.5. The molecule has 25 heavy (non-hydrogen) atoms. The average molecular weight is 374 g/mol. The van der Waals surface area contributed by atoms with E-state index in [1.807, 2.05) is 30.3 Å². The van der Waals surface area contributed by atoms with Gasteiger partial charge in [-0.05, 0) is 23.8 Å². The molecule has 1 heterocycles. The Balaban J connectivity index is 2.03. The van der Waals surface area contributed by atoms with Gasteiger partial charge in [-0.2, -0.15) is 0 Å². The van der Waals surface area contributed by atoms with Gasteiger partial charge in [0.25, 0.3) is 15.9 Å². The van der Waals surface area contributed by atoms with Crippen LogP contribution in [0.1, 0.15) is 9.67 Å².